The summed E-state index contributed by atoms with van der Waals surface area (Å²) in [6.45, 7) is 13.3. The summed E-state index contributed by atoms with van der Waals surface area (Å²) < 4.78 is 0. The van der Waals surface area contributed by atoms with Crippen LogP contribution < -0.4 is 0 Å². The van der Waals surface area contributed by atoms with Crippen molar-refractivity contribution in [2.45, 2.75) is 86.5 Å². The second kappa shape index (κ2) is 14.0. The molecule has 0 aliphatic heterocycles. The highest BCUT2D eigenvalue weighted by molar-refractivity contribution is 4.68. The molecule has 0 aliphatic rings. The van der Waals surface area contributed by atoms with E-state index in [1.54, 1.807) is 0 Å². The van der Waals surface area contributed by atoms with E-state index in [2.05, 4.69) is 27.7 Å². The molecule has 0 bridgehead atoms. The Hall–Kier alpha value is 0. The molecule has 0 heteroatoms. The van der Waals surface area contributed by atoms with Gasteiger partial charge in [0.05, 0.1) is 0 Å². The highest BCUT2D eigenvalue weighted by atomic mass is 14.2. The summed E-state index contributed by atoms with van der Waals surface area (Å²) >= 11 is 0. The van der Waals surface area contributed by atoms with Crippen LogP contribution in [0.2, 0.25) is 0 Å². The Labute approximate surface area is 98.9 Å². The molecule has 0 nitrogen and oxygen atoms in total. The third-order valence-electron chi connectivity index (χ3n) is 3.17. The average molecular weight is 214 g/mol. The molecule has 94 valence electrons. The molecule has 0 saturated heterocycles. The standard InChI is InChI=1S/C13H28.C2H6/c1-5-9-12(8-4)13(10-6-2)11-7-3;1-2/h12-13H,5-11H2,1-4H3;1-2H3. The summed E-state index contributed by atoms with van der Waals surface area (Å²) in [7, 11) is 0. The van der Waals surface area contributed by atoms with E-state index in [-0.39, 0.29) is 0 Å². The summed E-state index contributed by atoms with van der Waals surface area (Å²) in [5.41, 5.74) is 0. The molecular formula is C15H34. The second-order valence-corrected chi connectivity index (χ2v) is 4.29. The third kappa shape index (κ3) is 8.96. The van der Waals surface area contributed by atoms with Crippen molar-refractivity contribution in [1.29, 1.82) is 0 Å². The van der Waals surface area contributed by atoms with Gasteiger partial charge in [-0.1, -0.05) is 86.5 Å². The van der Waals surface area contributed by atoms with E-state index in [0.29, 0.717) is 0 Å². The quantitative estimate of drug-likeness (QED) is 0.461. The van der Waals surface area contributed by atoms with Gasteiger partial charge in [0, 0.05) is 0 Å². The van der Waals surface area contributed by atoms with Crippen LogP contribution in [0, 0.1) is 11.8 Å². The van der Waals surface area contributed by atoms with Crippen LogP contribution in [0.1, 0.15) is 86.5 Å². The first-order valence-electron chi connectivity index (χ1n) is 7.29. The van der Waals surface area contributed by atoms with E-state index in [9.17, 15) is 0 Å². The van der Waals surface area contributed by atoms with Crippen molar-refractivity contribution in [2.24, 2.45) is 11.8 Å². The van der Waals surface area contributed by atoms with Crippen LogP contribution in [0.25, 0.3) is 0 Å². The first kappa shape index (κ1) is 17.4. The van der Waals surface area contributed by atoms with Gasteiger partial charge in [-0.05, 0) is 11.8 Å². The van der Waals surface area contributed by atoms with E-state index < -0.39 is 0 Å². The second-order valence-electron chi connectivity index (χ2n) is 4.29. The molecule has 1 atom stereocenters. The molecule has 0 heterocycles. The Kier molecular flexibility index (Phi) is 16.2. The molecule has 0 amide bonds. The SMILES string of the molecule is CC.CCCC(CC)C(CCC)CCC. The van der Waals surface area contributed by atoms with Crippen molar-refractivity contribution in [3.8, 4) is 0 Å². The number of hydrogen-bond acceptors (Lipinski definition) is 0. The van der Waals surface area contributed by atoms with Gasteiger partial charge in [0.2, 0.25) is 0 Å². The highest BCUT2D eigenvalue weighted by Gasteiger charge is 2.17. The first-order valence-corrected chi connectivity index (χ1v) is 7.29. The normalized spacial score (nSPS) is 12.2. The first-order chi connectivity index (χ1) is 7.29. The molecule has 15 heavy (non-hydrogen) atoms. The van der Waals surface area contributed by atoms with Crippen LogP contribution in [-0.4, -0.2) is 0 Å². The topological polar surface area (TPSA) is 0 Å². The summed E-state index contributed by atoms with van der Waals surface area (Å²) in [6, 6.07) is 0. The fraction of sp³-hybridized carbons (Fsp3) is 1.00. The van der Waals surface area contributed by atoms with Gasteiger partial charge in [-0.25, -0.2) is 0 Å². The Bertz CT molecular complexity index is 90.2. The van der Waals surface area contributed by atoms with Gasteiger partial charge in [0.15, 0.2) is 0 Å². The zero-order valence-corrected chi connectivity index (χ0v) is 12.1. The van der Waals surface area contributed by atoms with Crippen LogP contribution in [-0.2, 0) is 0 Å². The molecule has 0 aromatic heterocycles. The summed E-state index contributed by atoms with van der Waals surface area (Å²) in [4.78, 5) is 0. The minimum Gasteiger partial charge on any atom is -0.0683 e. The summed E-state index contributed by atoms with van der Waals surface area (Å²) in [5, 5.41) is 0. The molecule has 0 saturated carbocycles. The zero-order valence-electron chi connectivity index (χ0n) is 12.1. The van der Waals surface area contributed by atoms with Crippen molar-refractivity contribution in [1.82, 2.24) is 0 Å². The Morgan fingerprint density at radius 1 is 0.600 bits per heavy atom. The van der Waals surface area contributed by atoms with E-state index >= 15 is 0 Å². The molecule has 0 aliphatic carbocycles. The summed E-state index contributed by atoms with van der Waals surface area (Å²) in [5.74, 6) is 2.02. The molecule has 0 fully saturated rings. The van der Waals surface area contributed by atoms with E-state index in [1.807, 2.05) is 13.8 Å². The van der Waals surface area contributed by atoms with Crippen LogP contribution >= 0.6 is 0 Å². The van der Waals surface area contributed by atoms with Crippen molar-refractivity contribution in [2.75, 3.05) is 0 Å². The number of hydrogen-bond donors (Lipinski definition) is 0. The lowest BCUT2D eigenvalue weighted by molar-refractivity contribution is 0.264. The Morgan fingerprint density at radius 3 is 1.20 bits per heavy atom. The van der Waals surface area contributed by atoms with Crippen LogP contribution in [0.3, 0.4) is 0 Å². The van der Waals surface area contributed by atoms with Gasteiger partial charge in [0.25, 0.3) is 0 Å². The molecule has 0 N–H and O–H groups in total. The lowest BCUT2D eigenvalue weighted by Crippen LogP contribution is -2.13. The fourth-order valence-electron chi connectivity index (χ4n) is 2.50. The van der Waals surface area contributed by atoms with E-state index in [1.165, 1.54) is 44.9 Å². The van der Waals surface area contributed by atoms with Gasteiger partial charge in [-0.3, -0.25) is 0 Å². The van der Waals surface area contributed by atoms with Gasteiger partial charge in [-0.2, -0.15) is 0 Å². The van der Waals surface area contributed by atoms with Crippen molar-refractivity contribution < 1.29 is 0 Å². The third-order valence-corrected chi connectivity index (χ3v) is 3.17. The van der Waals surface area contributed by atoms with Crippen LogP contribution in [0.15, 0.2) is 0 Å². The van der Waals surface area contributed by atoms with Crippen molar-refractivity contribution in [3.63, 3.8) is 0 Å². The monoisotopic (exact) mass is 214 g/mol. The molecule has 0 aromatic carbocycles. The summed E-state index contributed by atoms with van der Waals surface area (Å²) in [6.07, 6.45) is 9.83. The molecule has 0 aromatic rings. The maximum Gasteiger partial charge on any atom is -0.0386 e. The largest absolute Gasteiger partial charge is 0.0683 e. The maximum atomic E-state index is 2.36. The van der Waals surface area contributed by atoms with Crippen LogP contribution in [0.5, 0.6) is 0 Å². The van der Waals surface area contributed by atoms with Crippen molar-refractivity contribution in [3.05, 3.63) is 0 Å². The molecule has 0 rings (SSSR count). The Morgan fingerprint density at radius 2 is 0.933 bits per heavy atom. The number of rotatable bonds is 8. The zero-order chi connectivity index (χ0) is 12.1. The van der Waals surface area contributed by atoms with Gasteiger partial charge in [-0.15, -0.1) is 0 Å². The van der Waals surface area contributed by atoms with Crippen LogP contribution in [0.4, 0.5) is 0 Å². The van der Waals surface area contributed by atoms with E-state index in [4.69, 9.17) is 0 Å². The average Bonchev–Trinajstić information content (AvgIpc) is 2.28. The lowest BCUT2D eigenvalue weighted by Gasteiger charge is -2.25. The lowest BCUT2D eigenvalue weighted by atomic mass is 9.81. The fourth-order valence-corrected chi connectivity index (χ4v) is 2.50. The molecular weight excluding hydrogens is 180 g/mol. The molecule has 0 spiro atoms. The Balaban J connectivity index is 0. The van der Waals surface area contributed by atoms with Gasteiger partial charge in [0.1, 0.15) is 0 Å². The van der Waals surface area contributed by atoms with Gasteiger partial charge < -0.3 is 0 Å². The molecule has 0 radical (unpaired) electrons. The molecule has 1 unspecified atom stereocenters. The minimum atomic E-state index is 1.00. The van der Waals surface area contributed by atoms with E-state index in [0.717, 1.165) is 11.8 Å². The smallest absolute Gasteiger partial charge is 0.0386 e. The minimum absolute atomic E-state index is 1.00. The highest BCUT2D eigenvalue weighted by Crippen LogP contribution is 2.29. The predicted octanol–water partition coefficient (Wildman–Crippen LogP) is 6.06. The predicted molar refractivity (Wildman–Crippen MR) is 73.3 cm³/mol. The maximum absolute atomic E-state index is 2.36. The van der Waals surface area contributed by atoms with Crippen molar-refractivity contribution >= 4 is 0 Å². The van der Waals surface area contributed by atoms with Gasteiger partial charge >= 0.3 is 0 Å².